The number of rotatable bonds is 1. The molecule has 0 spiro atoms. The third-order valence-electron chi connectivity index (χ3n) is 0.578. The monoisotopic (exact) mass is 183 g/mol. The first kappa shape index (κ1) is 10.0. The van der Waals surface area contributed by atoms with Crippen LogP contribution in [0, 0.1) is 0 Å². The summed E-state index contributed by atoms with van der Waals surface area (Å²) in [5, 5.41) is -2.59. The van der Waals surface area contributed by atoms with E-state index in [0.717, 1.165) is 0 Å². The van der Waals surface area contributed by atoms with Gasteiger partial charge in [0.2, 0.25) is 0 Å². The molecule has 0 heterocycles. The van der Waals surface area contributed by atoms with Crippen LogP contribution >= 0.6 is 0 Å². The smallest absolute Gasteiger partial charge is 0.197 e. The van der Waals surface area contributed by atoms with Gasteiger partial charge in [0.05, 0.1) is 0 Å². The maximum Gasteiger partial charge on any atom is 0.447 e. The molecule has 0 saturated heterocycles. The molecule has 0 aliphatic heterocycles. The molecule has 0 fully saturated rings. The Morgan fingerprint density at radius 3 is 1.45 bits per heavy atom. The zero-order valence-corrected chi connectivity index (χ0v) is 4.59. The number of hydrogen-bond acceptors (Lipinski definition) is 1. The van der Waals surface area contributed by atoms with Crippen LogP contribution in [0.3, 0.4) is 0 Å². The maximum atomic E-state index is 11.4. The Balaban J connectivity index is 4.67. The Morgan fingerprint density at radius 1 is 1.00 bits per heavy atom. The summed E-state index contributed by atoms with van der Waals surface area (Å²) in [6.07, 6.45) is -5.72. The highest BCUT2D eigenvalue weighted by molar-refractivity contribution is 5.01. The first-order valence-corrected chi connectivity index (χ1v) is 2.01. The molecule has 0 atom stereocenters. The maximum absolute atomic E-state index is 11.4. The molecule has 0 rings (SSSR count). The highest BCUT2D eigenvalue weighted by atomic mass is 19.4. The van der Waals surface area contributed by atoms with Crippen LogP contribution in [0.15, 0.2) is 11.8 Å². The first-order valence-electron chi connectivity index (χ1n) is 2.01. The molecule has 11 heavy (non-hydrogen) atoms. The molecular formula is C3F7N. The number of nitrogens with zero attached hydrogens (tertiary/aromatic N) is 1. The molecule has 0 radical (unpaired) electrons. The van der Waals surface area contributed by atoms with E-state index in [9.17, 15) is 30.9 Å². The fraction of sp³-hybridized carbons (Fsp3) is 0.333. The van der Waals surface area contributed by atoms with Gasteiger partial charge in [-0.3, -0.25) is 0 Å². The molecule has 0 aliphatic carbocycles. The summed E-state index contributed by atoms with van der Waals surface area (Å²) in [5.41, 5.74) is 0. The van der Waals surface area contributed by atoms with E-state index >= 15 is 0 Å². The fourth-order valence-electron chi connectivity index (χ4n) is 0.191. The molecule has 0 aromatic carbocycles. The molecule has 1 nitrogen and oxygen atoms in total. The van der Waals surface area contributed by atoms with Gasteiger partial charge in [0.1, 0.15) is 0 Å². The van der Waals surface area contributed by atoms with E-state index in [1.54, 1.807) is 0 Å². The van der Waals surface area contributed by atoms with Crippen molar-refractivity contribution in [3.05, 3.63) is 11.8 Å². The third-order valence-corrected chi connectivity index (χ3v) is 0.578. The summed E-state index contributed by atoms with van der Waals surface area (Å²) in [6, 6.07) is 0. The van der Waals surface area contributed by atoms with Gasteiger partial charge in [0.15, 0.2) is 0 Å². The summed E-state index contributed by atoms with van der Waals surface area (Å²) in [6.45, 7) is 0. The Labute approximate surface area is 55.6 Å². The minimum absolute atomic E-state index is 2.59. The van der Waals surface area contributed by atoms with Crippen LogP contribution in [-0.4, -0.2) is 11.5 Å². The van der Waals surface area contributed by atoms with Crippen LogP contribution in [0.25, 0.3) is 0 Å². The second kappa shape index (κ2) is 2.97. The van der Waals surface area contributed by atoms with Crippen molar-refractivity contribution in [3.63, 3.8) is 0 Å². The van der Waals surface area contributed by atoms with Crippen molar-refractivity contribution in [2.24, 2.45) is 0 Å². The highest BCUT2D eigenvalue weighted by Gasteiger charge is 2.40. The van der Waals surface area contributed by atoms with Crippen LogP contribution < -0.4 is 0 Å². The summed E-state index contributed by atoms with van der Waals surface area (Å²) in [7, 11) is 0. The van der Waals surface area contributed by atoms with Crippen molar-refractivity contribution in [1.29, 1.82) is 0 Å². The number of hydrogen-bond donors (Lipinski definition) is 0. The van der Waals surface area contributed by atoms with E-state index in [0.29, 0.717) is 0 Å². The van der Waals surface area contributed by atoms with E-state index in [1.807, 2.05) is 0 Å². The standard InChI is InChI=1S/C3F7N/c4-1(3(6,7)8)2(5)11(9)10/b2-1-. The average Bonchev–Trinajstić information content (AvgIpc) is 1.82. The van der Waals surface area contributed by atoms with Gasteiger partial charge < -0.3 is 0 Å². The predicted octanol–water partition coefficient (Wildman–Crippen LogP) is 2.73. The van der Waals surface area contributed by atoms with Crippen molar-refractivity contribution < 1.29 is 30.9 Å². The molecule has 0 aromatic rings. The lowest BCUT2D eigenvalue weighted by Crippen LogP contribution is -2.13. The summed E-state index contributed by atoms with van der Waals surface area (Å²) < 4.78 is 77.6. The first-order chi connectivity index (χ1) is 4.76. The van der Waals surface area contributed by atoms with Crippen molar-refractivity contribution in [2.75, 3.05) is 0 Å². The van der Waals surface area contributed by atoms with E-state index in [2.05, 4.69) is 0 Å². The minimum atomic E-state index is -5.72. The van der Waals surface area contributed by atoms with Gasteiger partial charge in [-0.25, -0.2) is 0 Å². The number of alkyl halides is 3. The lowest BCUT2D eigenvalue weighted by molar-refractivity contribution is -0.159. The summed E-state index contributed by atoms with van der Waals surface area (Å²) in [5.74, 6) is -6.71. The lowest BCUT2D eigenvalue weighted by atomic mass is 10.5. The number of halogens is 7. The van der Waals surface area contributed by atoms with Crippen LogP contribution in [0.4, 0.5) is 30.9 Å². The molecule has 0 amide bonds. The van der Waals surface area contributed by atoms with Crippen LogP contribution in [0.1, 0.15) is 0 Å². The molecular weight excluding hydrogens is 183 g/mol. The van der Waals surface area contributed by atoms with Gasteiger partial charge in [-0.1, -0.05) is 8.96 Å². The van der Waals surface area contributed by atoms with Crippen LogP contribution in [0.5, 0.6) is 0 Å². The van der Waals surface area contributed by atoms with E-state index in [-0.39, 0.29) is 0 Å². The van der Waals surface area contributed by atoms with E-state index in [4.69, 9.17) is 0 Å². The molecule has 0 N–H and O–H groups in total. The van der Waals surface area contributed by atoms with Gasteiger partial charge in [0.25, 0.3) is 11.8 Å². The second-order valence-corrected chi connectivity index (χ2v) is 1.34. The second-order valence-electron chi connectivity index (χ2n) is 1.34. The van der Waals surface area contributed by atoms with Crippen molar-refractivity contribution >= 4 is 0 Å². The zero-order chi connectivity index (χ0) is 9.23. The van der Waals surface area contributed by atoms with E-state index in [1.165, 1.54) is 0 Å². The van der Waals surface area contributed by atoms with Crippen LogP contribution in [-0.2, 0) is 0 Å². The van der Waals surface area contributed by atoms with Crippen molar-refractivity contribution in [2.45, 2.75) is 6.18 Å². The molecule has 0 saturated carbocycles. The topological polar surface area (TPSA) is 3.24 Å². The molecule has 66 valence electrons. The minimum Gasteiger partial charge on any atom is -0.197 e. The Kier molecular flexibility index (Phi) is 2.71. The fourth-order valence-corrected chi connectivity index (χ4v) is 0.191. The predicted molar refractivity (Wildman–Crippen MR) is 19.4 cm³/mol. The largest absolute Gasteiger partial charge is 0.447 e. The third kappa shape index (κ3) is 2.64. The van der Waals surface area contributed by atoms with Gasteiger partial charge in [-0.05, 0) is 5.34 Å². The number of allylic oxidation sites excluding steroid dienone is 1. The molecule has 0 unspecified atom stereocenters. The van der Waals surface area contributed by atoms with Gasteiger partial charge >= 0.3 is 6.18 Å². The van der Waals surface area contributed by atoms with Crippen LogP contribution in [0.2, 0.25) is 0 Å². The van der Waals surface area contributed by atoms with Crippen molar-refractivity contribution in [1.82, 2.24) is 5.34 Å². The van der Waals surface area contributed by atoms with Gasteiger partial charge in [-0.2, -0.15) is 22.0 Å². The summed E-state index contributed by atoms with van der Waals surface area (Å²) >= 11 is 0. The SMILES string of the molecule is F/C(=C(/F)C(F)(F)F)N(F)F. The molecule has 0 aliphatic rings. The molecule has 0 bridgehead atoms. The molecule has 8 heteroatoms. The lowest BCUT2D eigenvalue weighted by Gasteiger charge is -2.04. The molecule has 0 aromatic heterocycles. The Hall–Kier alpha value is -0.950. The zero-order valence-electron chi connectivity index (χ0n) is 4.59. The Morgan fingerprint density at radius 2 is 1.36 bits per heavy atom. The quantitative estimate of drug-likeness (QED) is 0.343. The summed E-state index contributed by atoms with van der Waals surface area (Å²) in [4.78, 5) is 0. The van der Waals surface area contributed by atoms with Crippen molar-refractivity contribution in [3.8, 4) is 0 Å². The normalized spacial score (nSPS) is 14.5. The Bertz CT molecular complexity index is 167. The highest BCUT2D eigenvalue weighted by Crippen LogP contribution is 2.31. The van der Waals surface area contributed by atoms with E-state index < -0.39 is 23.3 Å². The van der Waals surface area contributed by atoms with Gasteiger partial charge in [0, 0.05) is 0 Å². The average molecular weight is 183 g/mol. The van der Waals surface area contributed by atoms with Gasteiger partial charge in [-0.15, -0.1) is 0 Å².